The van der Waals surface area contributed by atoms with Crippen molar-refractivity contribution in [3.05, 3.63) is 71.0 Å². The molecular weight excluding hydrogens is 499 g/mol. The molecule has 1 aliphatic rings. The van der Waals surface area contributed by atoms with E-state index in [0.29, 0.717) is 28.6 Å². The lowest BCUT2D eigenvalue weighted by Crippen LogP contribution is -2.14. The first-order valence-electron chi connectivity index (χ1n) is 12.3. The molecule has 1 fully saturated rings. The van der Waals surface area contributed by atoms with Crippen molar-refractivity contribution in [3.63, 3.8) is 0 Å². The van der Waals surface area contributed by atoms with E-state index in [1.165, 1.54) is 18.5 Å². The number of pyridine rings is 2. The van der Waals surface area contributed by atoms with Gasteiger partial charge in [-0.2, -0.15) is 13.2 Å². The van der Waals surface area contributed by atoms with Crippen molar-refractivity contribution >= 4 is 17.5 Å². The lowest BCUT2D eigenvalue weighted by Gasteiger charge is -2.15. The summed E-state index contributed by atoms with van der Waals surface area (Å²) in [6.45, 7) is 5.21. The molecule has 0 aliphatic heterocycles. The lowest BCUT2D eigenvalue weighted by atomic mass is 10.0. The maximum absolute atomic E-state index is 13.3. The molecule has 1 aromatic carbocycles. The van der Waals surface area contributed by atoms with Crippen molar-refractivity contribution in [1.29, 1.82) is 0 Å². The van der Waals surface area contributed by atoms with Gasteiger partial charge >= 0.3 is 6.18 Å². The molecule has 1 amide bonds. The van der Waals surface area contributed by atoms with Crippen LogP contribution in [0.1, 0.15) is 48.9 Å². The highest BCUT2D eigenvalue weighted by Crippen LogP contribution is 2.34. The molecule has 0 unspecified atom stereocenters. The monoisotopic (exact) mass is 527 g/mol. The molecule has 7 nitrogen and oxygen atoms in total. The number of benzene rings is 1. The Morgan fingerprint density at radius 3 is 2.42 bits per heavy atom. The highest BCUT2D eigenvalue weighted by molar-refractivity contribution is 5.93. The number of hydrogen-bond acceptors (Lipinski definition) is 6. The van der Waals surface area contributed by atoms with Gasteiger partial charge in [-0.1, -0.05) is 0 Å². The van der Waals surface area contributed by atoms with Gasteiger partial charge in [0.1, 0.15) is 23.1 Å². The molecule has 2 heterocycles. The highest BCUT2D eigenvalue weighted by Gasteiger charge is 2.32. The Morgan fingerprint density at radius 2 is 1.76 bits per heavy atom. The number of halogens is 3. The third-order valence-corrected chi connectivity index (χ3v) is 5.70. The summed E-state index contributed by atoms with van der Waals surface area (Å²) in [7, 11) is 0. The Labute approximate surface area is 218 Å². The summed E-state index contributed by atoms with van der Waals surface area (Å²) in [5, 5.41) is 2.76. The number of amides is 1. The van der Waals surface area contributed by atoms with E-state index in [1.54, 1.807) is 39.0 Å². The van der Waals surface area contributed by atoms with Gasteiger partial charge in [-0.25, -0.2) is 9.97 Å². The second-order valence-electron chi connectivity index (χ2n) is 9.63. The van der Waals surface area contributed by atoms with E-state index in [4.69, 9.17) is 9.47 Å². The summed E-state index contributed by atoms with van der Waals surface area (Å²) in [6, 6.07) is 8.36. The number of hydrogen-bond donors (Lipinski definition) is 1. The van der Waals surface area contributed by atoms with Gasteiger partial charge < -0.3 is 14.8 Å². The molecule has 1 N–H and O–H groups in total. The van der Waals surface area contributed by atoms with Crippen LogP contribution < -0.4 is 14.8 Å². The van der Waals surface area contributed by atoms with E-state index in [2.05, 4.69) is 15.3 Å². The van der Waals surface area contributed by atoms with Crippen LogP contribution in [0.2, 0.25) is 0 Å². The average Bonchev–Trinajstić information content (AvgIpc) is 3.66. The minimum absolute atomic E-state index is 0.00264. The van der Waals surface area contributed by atoms with Crippen LogP contribution in [0.15, 0.2) is 48.8 Å². The number of ketones is 1. The first-order chi connectivity index (χ1) is 18.0. The normalized spacial score (nSPS) is 13.3. The van der Waals surface area contributed by atoms with Crippen LogP contribution in [0.3, 0.4) is 0 Å². The van der Waals surface area contributed by atoms with Crippen LogP contribution in [0.5, 0.6) is 17.4 Å². The van der Waals surface area contributed by atoms with Gasteiger partial charge in [-0.3, -0.25) is 9.59 Å². The van der Waals surface area contributed by atoms with Gasteiger partial charge in [0.05, 0.1) is 11.7 Å². The molecule has 2 aromatic heterocycles. The summed E-state index contributed by atoms with van der Waals surface area (Å²) in [5.41, 5.74) is 0.649. The van der Waals surface area contributed by atoms with E-state index in [0.717, 1.165) is 25.0 Å². The number of anilines is 1. The molecular formula is C28H28F3N3O4. The molecule has 38 heavy (non-hydrogen) atoms. The van der Waals surface area contributed by atoms with Crippen LogP contribution in [-0.2, 0) is 28.6 Å². The number of carbonyl (C=O) groups excluding carboxylic acids is 2. The fourth-order valence-corrected chi connectivity index (χ4v) is 3.84. The lowest BCUT2D eigenvalue weighted by molar-refractivity contribution is -0.137. The molecule has 0 spiro atoms. The second-order valence-corrected chi connectivity index (χ2v) is 9.63. The van der Waals surface area contributed by atoms with Crippen molar-refractivity contribution < 1.29 is 32.2 Å². The summed E-state index contributed by atoms with van der Waals surface area (Å²) in [6.07, 6.45) is -0.261. The number of rotatable bonds is 10. The fraction of sp³-hybridized carbons (Fsp3) is 0.357. The molecule has 0 saturated heterocycles. The number of aryl methyl sites for hydroxylation is 1. The van der Waals surface area contributed by atoms with Crippen LogP contribution in [0.4, 0.5) is 19.0 Å². The summed E-state index contributed by atoms with van der Waals surface area (Å²) in [4.78, 5) is 33.1. The average molecular weight is 528 g/mol. The van der Waals surface area contributed by atoms with Crippen molar-refractivity contribution in [3.8, 4) is 17.4 Å². The topological polar surface area (TPSA) is 90.4 Å². The molecule has 0 radical (unpaired) electrons. The van der Waals surface area contributed by atoms with Gasteiger partial charge in [0, 0.05) is 42.8 Å². The van der Waals surface area contributed by atoms with E-state index in [9.17, 15) is 22.8 Å². The predicted octanol–water partition coefficient (Wildman–Crippen LogP) is 6.09. The van der Waals surface area contributed by atoms with Gasteiger partial charge in [-0.15, -0.1) is 0 Å². The van der Waals surface area contributed by atoms with Gasteiger partial charge in [-0.05, 0) is 75.1 Å². The van der Waals surface area contributed by atoms with Gasteiger partial charge in [0.2, 0.25) is 11.8 Å². The quantitative estimate of drug-likeness (QED) is 0.343. The number of nitrogens with zero attached hydrogens (tertiary/aromatic N) is 2. The molecule has 1 aliphatic carbocycles. The first kappa shape index (κ1) is 27.1. The Kier molecular flexibility index (Phi) is 7.99. The van der Waals surface area contributed by atoms with E-state index in [-0.39, 0.29) is 47.9 Å². The minimum Gasteiger partial charge on any atom is -0.491 e. The largest absolute Gasteiger partial charge is 0.491 e. The molecule has 3 aromatic rings. The predicted molar refractivity (Wildman–Crippen MR) is 134 cm³/mol. The summed E-state index contributed by atoms with van der Waals surface area (Å²) < 4.78 is 51.3. The van der Waals surface area contributed by atoms with Crippen LogP contribution in [-0.4, -0.2) is 27.8 Å². The van der Waals surface area contributed by atoms with Crippen molar-refractivity contribution in [2.24, 2.45) is 5.92 Å². The van der Waals surface area contributed by atoms with Crippen LogP contribution in [0, 0.1) is 12.8 Å². The summed E-state index contributed by atoms with van der Waals surface area (Å²) >= 11 is 0. The third kappa shape index (κ3) is 7.53. The molecule has 0 bridgehead atoms. The highest BCUT2D eigenvalue weighted by atomic mass is 19.4. The second kappa shape index (κ2) is 11.2. The zero-order chi connectivity index (χ0) is 27.4. The van der Waals surface area contributed by atoms with E-state index < -0.39 is 11.7 Å². The third-order valence-electron chi connectivity index (χ3n) is 5.70. The number of carbonyl (C=O) groups is 2. The van der Waals surface area contributed by atoms with E-state index in [1.807, 2.05) is 0 Å². The minimum atomic E-state index is -4.55. The number of nitrogens with one attached hydrogen (secondary N) is 1. The molecule has 0 atom stereocenters. The van der Waals surface area contributed by atoms with Crippen molar-refractivity contribution in [2.75, 3.05) is 5.32 Å². The molecule has 10 heteroatoms. The number of aromatic nitrogens is 2. The zero-order valence-corrected chi connectivity index (χ0v) is 21.3. The Bertz CT molecular complexity index is 1340. The van der Waals surface area contributed by atoms with Crippen molar-refractivity contribution in [1.82, 2.24) is 9.97 Å². The Balaban J connectivity index is 1.41. The maximum atomic E-state index is 13.3. The standard InChI is InChI=1S/C28H28F3N3O4/c1-16(2)37-24-12-18(9-21(13-24)28(29,30)31)10-22(35)11-19-8-17(3)27(33-15-19)38-23-6-7-32-25(14-23)34-26(36)20-4-5-20/h6-9,12-16,20H,4-5,10-11H2,1-3H3,(H,32,34,36). The fourth-order valence-electron chi connectivity index (χ4n) is 3.84. The molecule has 200 valence electrons. The summed E-state index contributed by atoms with van der Waals surface area (Å²) in [5.74, 6) is 0.935. The van der Waals surface area contributed by atoms with Crippen LogP contribution in [0.25, 0.3) is 0 Å². The Hall–Kier alpha value is -3.95. The maximum Gasteiger partial charge on any atom is 0.416 e. The SMILES string of the molecule is Cc1cc(CC(=O)Cc2cc(OC(C)C)cc(C(F)(F)F)c2)cnc1Oc1ccnc(NC(=O)C2CC2)c1. The zero-order valence-electron chi connectivity index (χ0n) is 21.3. The van der Waals surface area contributed by atoms with Gasteiger partial charge in [0.25, 0.3) is 0 Å². The Morgan fingerprint density at radius 1 is 1.03 bits per heavy atom. The first-order valence-corrected chi connectivity index (χ1v) is 12.3. The van der Waals surface area contributed by atoms with Gasteiger partial charge in [0.15, 0.2) is 0 Å². The van der Waals surface area contributed by atoms with Crippen LogP contribution >= 0.6 is 0 Å². The number of ether oxygens (including phenoxy) is 2. The number of alkyl halides is 3. The number of Topliss-reactive ketones (excluding diaryl/α,β-unsaturated/α-hetero) is 1. The van der Waals surface area contributed by atoms with Crippen molar-refractivity contribution in [2.45, 2.75) is 58.7 Å². The smallest absolute Gasteiger partial charge is 0.416 e. The molecule has 1 saturated carbocycles. The molecule has 4 rings (SSSR count). The van der Waals surface area contributed by atoms with E-state index >= 15 is 0 Å².